The first-order valence-electron chi connectivity index (χ1n) is 6.22. The number of nitrogens with two attached hydrogens (primary N) is 1. The Kier molecular flexibility index (Phi) is 5.41. The van der Waals surface area contributed by atoms with Gasteiger partial charge in [0.15, 0.2) is 0 Å². The van der Waals surface area contributed by atoms with E-state index in [9.17, 15) is 4.79 Å². The molecule has 3 nitrogen and oxygen atoms in total. The lowest BCUT2D eigenvalue weighted by molar-refractivity contribution is 0.0773. The lowest BCUT2D eigenvalue weighted by Crippen LogP contribution is -2.30. The van der Waals surface area contributed by atoms with Gasteiger partial charge in [-0.25, -0.2) is 0 Å². The third-order valence-electron chi connectivity index (χ3n) is 2.71. The zero-order valence-electron chi connectivity index (χ0n) is 11.3. The van der Waals surface area contributed by atoms with Gasteiger partial charge >= 0.3 is 0 Å². The number of hydrogen-bond acceptors (Lipinski definition) is 2. The van der Waals surface area contributed by atoms with Crippen molar-refractivity contribution in [1.82, 2.24) is 4.90 Å². The van der Waals surface area contributed by atoms with Gasteiger partial charge in [-0.2, -0.15) is 0 Å². The molecule has 1 rings (SSSR count). The Labute approximate surface area is 109 Å². The van der Waals surface area contributed by atoms with E-state index in [2.05, 4.69) is 11.8 Å². The fraction of sp³-hybridized carbons (Fsp3) is 0.400. The van der Waals surface area contributed by atoms with Crippen LogP contribution in [0, 0.1) is 18.8 Å². The molecule has 0 saturated heterocycles. The summed E-state index contributed by atoms with van der Waals surface area (Å²) in [7, 11) is 0. The van der Waals surface area contributed by atoms with Crippen LogP contribution in [-0.4, -0.2) is 30.4 Å². The van der Waals surface area contributed by atoms with Gasteiger partial charge in [0.05, 0.1) is 6.54 Å². The van der Waals surface area contributed by atoms with Crippen molar-refractivity contribution in [2.75, 3.05) is 19.6 Å². The second kappa shape index (κ2) is 6.83. The summed E-state index contributed by atoms with van der Waals surface area (Å²) in [5.74, 6) is 5.83. The molecule has 0 aliphatic heterocycles. The van der Waals surface area contributed by atoms with Crippen LogP contribution in [0.15, 0.2) is 18.2 Å². The highest BCUT2D eigenvalue weighted by atomic mass is 16.2. The fourth-order valence-corrected chi connectivity index (χ4v) is 1.83. The zero-order valence-corrected chi connectivity index (χ0v) is 11.3. The minimum absolute atomic E-state index is 0.0551. The predicted molar refractivity (Wildman–Crippen MR) is 74.4 cm³/mol. The number of aryl methyl sites for hydroxylation is 1. The van der Waals surface area contributed by atoms with Crippen molar-refractivity contribution in [3.05, 3.63) is 34.9 Å². The first kappa shape index (κ1) is 14.3. The third kappa shape index (κ3) is 3.61. The van der Waals surface area contributed by atoms with Gasteiger partial charge in [0.1, 0.15) is 0 Å². The van der Waals surface area contributed by atoms with E-state index in [0.29, 0.717) is 25.2 Å². The lowest BCUT2D eigenvalue weighted by atomic mass is 10.1. The summed E-state index contributed by atoms with van der Waals surface area (Å²) >= 11 is 0. The number of hydrogen-bond donors (Lipinski definition) is 1. The van der Waals surface area contributed by atoms with E-state index in [1.807, 2.05) is 39.0 Å². The number of rotatable bonds is 3. The summed E-state index contributed by atoms with van der Waals surface area (Å²) in [5, 5.41) is 0. The van der Waals surface area contributed by atoms with Crippen LogP contribution >= 0.6 is 0 Å². The molecule has 1 amide bonds. The summed E-state index contributed by atoms with van der Waals surface area (Å²) in [6.45, 7) is 7.68. The Morgan fingerprint density at radius 2 is 1.94 bits per heavy atom. The topological polar surface area (TPSA) is 46.3 Å². The van der Waals surface area contributed by atoms with Gasteiger partial charge in [0.25, 0.3) is 5.91 Å². The number of carbonyl (C=O) groups excluding carboxylic acids is 1. The summed E-state index contributed by atoms with van der Waals surface area (Å²) in [4.78, 5) is 14.0. The Hall–Kier alpha value is -1.79. The van der Waals surface area contributed by atoms with Crippen LogP contribution in [0.3, 0.4) is 0 Å². The summed E-state index contributed by atoms with van der Waals surface area (Å²) in [5.41, 5.74) is 7.93. The maximum Gasteiger partial charge on any atom is 0.253 e. The van der Waals surface area contributed by atoms with Gasteiger partial charge < -0.3 is 10.6 Å². The van der Waals surface area contributed by atoms with E-state index in [4.69, 9.17) is 5.73 Å². The van der Waals surface area contributed by atoms with Gasteiger partial charge in [-0.3, -0.25) is 4.79 Å². The first-order valence-corrected chi connectivity index (χ1v) is 6.22. The minimum Gasteiger partial charge on any atom is -0.339 e. The van der Waals surface area contributed by atoms with Gasteiger partial charge in [-0.05, 0) is 44.5 Å². The molecule has 0 saturated carbocycles. The molecule has 0 spiro atoms. The molecule has 1 aromatic carbocycles. The van der Waals surface area contributed by atoms with Gasteiger partial charge in [0.2, 0.25) is 0 Å². The molecule has 3 heteroatoms. The van der Waals surface area contributed by atoms with Crippen LogP contribution in [0.5, 0.6) is 0 Å². The quantitative estimate of drug-likeness (QED) is 0.824. The third-order valence-corrected chi connectivity index (χ3v) is 2.71. The zero-order chi connectivity index (χ0) is 13.5. The Morgan fingerprint density at radius 3 is 2.50 bits per heavy atom. The second-order valence-corrected chi connectivity index (χ2v) is 4.07. The highest BCUT2D eigenvalue weighted by molar-refractivity contribution is 5.94. The molecule has 0 aromatic heterocycles. The highest BCUT2D eigenvalue weighted by Crippen LogP contribution is 2.11. The summed E-state index contributed by atoms with van der Waals surface area (Å²) in [6.07, 6.45) is 0. The molecular formula is C15H20N2O. The lowest BCUT2D eigenvalue weighted by Gasteiger charge is -2.19. The molecule has 0 atom stereocenters. The molecule has 0 unspecified atom stereocenters. The SMILES string of the molecule is CCN(CC)C(=O)c1cc(C)cc(C#CCN)c1. The molecule has 0 fully saturated rings. The normalized spacial score (nSPS) is 9.56. The van der Waals surface area contributed by atoms with Crippen LogP contribution in [0.2, 0.25) is 0 Å². The average molecular weight is 244 g/mol. The molecule has 0 aliphatic carbocycles. The Balaban J connectivity index is 3.09. The molecule has 0 heterocycles. The minimum atomic E-state index is 0.0551. The van der Waals surface area contributed by atoms with Crippen molar-refractivity contribution in [2.45, 2.75) is 20.8 Å². The highest BCUT2D eigenvalue weighted by Gasteiger charge is 2.12. The molecule has 18 heavy (non-hydrogen) atoms. The predicted octanol–water partition coefficient (Wildman–Crippen LogP) is 1.79. The molecule has 1 aromatic rings. The van der Waals surface area contributed by atoms with Gasteiger partial charge in [-0.15, -0.1) is 0 Å². The van der Waals surface area contributed by atoms with Crippen LogP contribution in [0.25, 0.3) is 0 Å². The second-order valence-electron chi connectivity index (χ2n) is 4.07. The average Bonchev–Trinajstić information content (AvgIpc) is 2.37. The molecule has 96 valence electrons. The van der Waals surface area contributed by atoms with Crippen molar-refractivity contribution >= 4 is 5.91 Å². The van der Waals surface area contributed by atoms with Crippen LogP contribution in [0.1, 0.15) is 35.3 Å². The monoisotopic (exact) mass is 244 g/mol. The largest absolute Gasteiger partial charge is 0.339 e. The Morgan fingerprint density at radius 1 is 1.28 bits per heavy atom. The number of carbonyl (C=O) groups is 1. The first-order chi connectivity index (χ1) is 8.62. The molecule has 0 aliphatic rings. The summed E-state index contributed by atoms with van der Waals surface area (Å²) < 4.78 is 0. The molecular weight excluding hydrogens is 224 g/mol. The molecule has 0 bridgehead atoms. The van der Waals surface area contributed by atoms with Crippen LogP contribution in [0.4, 0.5) is 0 Å². The summed E-state index contributed by atoms with van der Waals surface area (Å²) in [6, 6.07) is 5.69. The van der Waals surface area contributed by atoms with E-state index in [1.165, 1.54) is 0 Å². The van der Waals surface area contributed by atoms with E-state index in [0.717, 1.165) is 11.1 Å². The number of amides is 1. The van der Waals surface area contributed by atoms with E-state index >= 15 is 0 Å². The Bertz CT molecular complexity index is 479. The maximum absolute atomic E-state index is 12.2. The molecule has 2 N–H and O–H groups in total. The smallest absolute Gasteiger partial charge is 0.253 e. The van der Waals surface area contributed by atoms with E-state index in [-0.39, 0.29) is 5.91 Å². The van der Waals surface area contributed by atoms with Crippen LogP contribution in [-0.2, 0) is 0 Å². The van der Waals surface area contributed by atoms with E-state index in [1.54, 1.807) is 4.90 Å². The van der Waals surface area contributed by atoms with Crippen molar-refractivity contribution in [3.63, 3.8) is 0 Å². The van der Waals surface area contributed by atoms with Crippen LogP contribution < -0.4 is 5.73 Å². The standard InChI is InChI=1S/C15H20N2O/c1-4-17(5-2)15(18)14-10-12(3)9-13(11-14)7-6-8-16/h9-11H,4-5,8,16H2,1-3H3. The van der Waals surface area contributed by atoms with Gasteiger partial charge in [-0.1, -0.05) is 11.8 Å². The molecule has 0 radical (unpaired) electrons. The maximum atomic E-state index is 12.2. The van der Waals surface area contributed by atoms with Crippen molar-refractivity contribution in [3.8, 4) is 11.8 Å². The van der Waals surface area contributed by atoms with Crippen molar-refractivity contribution in [1.29, 1.82) is 0 Å². The van der Waals surface area contributed by atoms with Crippen molar-refractivity contribution in [2.24, 2.45) is 5.73 Å². The number of benzene rings is 1. The number of nitrogens with zero attached hydrogens (tertiary/aromatic N) is 1. The van der Waals surface area contributed by atoms with Crippen molar-refractivity contribution < 1.29 is 4.79 Å². The fourth-order valence-electron chi connectivity index (χ4n) is 1.83. The van der Waals surface area contributed by atoms with Gasteiger partial charge in [0, 0.05) is 24.2 Å². The van der Waals surface area contributed by atoms with E-state index < -0.39 is 0 Å².